The Morgan fingerprint density at radius 1 is 1.38 bits per heavy atom. The third kappa shape index (κ3) is 4.01. The number of rotatable bonds is 7. The summed E-state index contributed by atoms with van der Waals surface area (Å²) in [6, 6.07) is 0. The maximum absolute atomic E-state index is 11.1. The summed E-state index contributed by atoms with van der Waals surface area (Å²) in [5.41, 5.74) is 8.48. The van der Waals surface area contributed by atoms with E-state index in [2.05, 4.69) is 18.5 Å². The SMILES string of the molecule is C=C(CCC)C(=NCC)C(C=O)=C(N)CC. The normalized spacial score (nSPS) is 13.3. The van der Waals surface area contributed by atoms with Crippen molar-refractivity contribution in [1.82, 2.24) is 0 Å². The van der Waals surface area contributed by atoms with Crippen LogP contribution in [-0.4, -0.2) is 18.5 Å². The first-order valence-corrected chi connectivity index (χ1v) is 5.78. The van der Waals surface area contributed by atoms with Crippen LogP contribution in [0.15, 0.2) is 28.4 Å². The number of carbonyl (C=O) groups excluding carboxylic acids is 1. The quantitative estimate of drug-likeness (QED) is 0.409. The zero-order valence-electron chi connectivity index (χ0n) is 10.5. The van der Waals surface area contributed by atoms with E-state index in [1.165, 1.54) is 0 Å². The van der Waals surface area contributed by atoms with Crippen LogP contribution in [0.25, 0.3) is 0 Å². The first-order valence-electron chi connectivity index (χ1n) is 5.78. The Morgan fingerprint density at radius 3 is 2.38 bits per heavy atom. The van der Waals surface area contributed by atoms with Crippen LogP contribution in [0.5, 0.6) is 0 Å². The highest BCUT2D eigenvalue weighted by Gasteiger charge is 2.12. The zero-order valence-corrected chi connectivity index (χ0v) is 10.5. The summed E-state index contributed by atoms with van der Waals surface area (Å²) < 4.78 is 0. The van der Waals surface area contributed by atoms with Gasteiger partial charge in [-0.3, -0.25) is 9.79 Å². The molecule has 0 amide bonds. The van der Waals surface area contributed by atoms with Crippen LogP contribution >= 0.6 is 0 Å². The van der Waals surface area contributed by atoms with Crippen molar-refractivity contribution in [2.45, 2.75) is 40.0 Å². The molecule has 0 aromatic heterocycles. The van der Waals surface area contributed by atoms with Gasteiger partial charge >= 0.3 is 0 Å². The van der Waals surface area contributed by atoms with E-state index in [1.807, 2.05) is 13.8 Å². The minimum Gasteiger partial charge on any atom is -0.401 e. The molecule has 0 atom stereocenters. The van der Waals surface area contributed by atoms with E-state index in [0.717, 1.165) is 24.7 Å². The Bertz CT molecular complexity index is 314. The van der Waals surface area contributed by atoms with Gasteiger partial charge in [0.25, 0.3) is 0 Å². The second-order valence-electron chi connectivity index (χ2n) is 3.59. The number of nitrogens with two attached hydrogens (primary N) is 1. The third-order valence-corrected chi connectivity index (χ3v) is 2.30. The molecule has 0 saturated carbocycles. The molecule has 0 aromatic rings. The van der Waals surface area contributed by atoms with Crippen LogP contribution in [0.3, 0.4) is 0 Å². The third-order valence-electron chi connectivity index (χ3n) is 2.30. The van der Waals surface area contributed by atoms with Gasteiger partial charge in [0.05, 0.1) is 11.3 Å². The molecule has 0 aliphatic heterocycles. The van der Waals surface area contributed by atoms with Gasteiger partial charge in [0.2, 0.25) is 0 Å². The van der Waals surface area contributed by atoms with Gasteiger partial charge in [-0.05, 0) is 25.3 Å². The van der Waals surface area contributed by atoms with Crippen LogP contribution in [0.2, 0.25) is 0 Å². The Hall–Kier alpha value is -1.38. The summed E-state index contributed by atoms with van der Waals surface area (Å²) in [4.78, 5) is 15.4. The second kappa shape index (κ2) is 7.85. The van der Waals surface area contributed by atoms with Gasteiger partial charge in [0, 0.05) is 12.2 Å². The van der Waals surface area contributed by atoms with Crippen LogP contribution in [0, 0.1) is 0 Å². The summed E-state index contributed by atoms with van der Waals surface area (Å²) in [5.74, 6) is 0. The van der Waals surface area contributed by atoms with Crippen molar-refractivity contribution in [3.05, 3.63) is 23.4 Å². The number of nitrogens with zero attached hydrogens (tertiary/aromatic N) is 1. The Kier molecular flexibility index (Phi) is 7.18. The monoisotopic (exact) mass is 222 g/mol. The summed E-state index contributed by atoms with van der Waals surface area (Å²) in [6.45, 7) is 10.5. The first-order chi connectivity index (χ1) is 7.62. The Balaban J connectivity index is 5.27. The summed E-state index contributed by atoms with van der Waals surface area (Å²) in [6.07, 6.45) is 3.26. The lowest BCUT2D eigenvalue weighted by Gasteiger charge is -2.11. The van der Waals surface area contributed by atoms with E-state index in [0.29, 0.717) is 29.9 Å². The fraction of sp³-hybridized carbons (Fsp3) is 0.538. The van der Waals surface area contributed by atoms with Crippen LogP contribution in [-0.2, 0) is 4.79 Å². The number of hydrogen-bond acceptors (Lipinski definition) is 3. The molecule has 3 nitrogen and oxygen atoms in total. The molecule has 0 spiro atoms. The van der Waals surface area contributed by atoms with Crippen molar-refractivity contribution in [3.8, 4) is 0 Å². The molecule has 0 aliphatic rings. The molecule has 0 saturated heterocycles. The van der Waals surface area contributed by atoms with Gasteiger partial charge in [-0.25, -0.2) is 0 Å². The summed E-state index contributed by atoms with van der Waals surface area (Å²) in [5, 5.41) is 0. The topological polar surface area (TPSA) is 55.5 Å². The molecule has 0 fully saturated rings. The van der Waals surface area contributed by atoms with Crippen molar-refractivity contribution in [3.63, 3.8) is 0 Å². The number of allylic oxidation sites excluding steroid dienone is 3. The molecule has 0 aliphatic carbocycles. The molecule has 16 heavy (non-hydrogen) atoms. The highest BCUT2D eigenvalue weighted by molar-refractivity contribution is 6.23. The van der Waals surface area contributed by atoms with E-state index in [1.54, 1.807) is 0 Å². The average molecular weight is 222 g/mol. The van der Waals surface area contributed by atoms with Gasteiger partial charge in [0.1, 0.15) is 0 Å². The van der Waals surface area contributed by atoms with Gasteiger partial charge in [0.15, 0.2) is 6.29 Å². The molecule has 0 aromatic carbocycles. The molecule has 0 unspecified atom stereocenters. The summed E-state index contributed by atoms with van der Waals surface area (Å²) in [7, 11) is 0. The minimum atomic E-state index is 0.503. The number of carbonyl (C=O) groups is 1. The van der Waals surface area contributed by atoms with Gasteiger partial charge in [-0.1, -0.05) is 26.8 Å². The van der Waals surface area contributed by atoms with Gasteiger partial charge in [-0.2, -0.15) is 0 Å². The first kappa shape index (κ1) is 14.6. The van der Waals surface area contributed by atoms with Crippen molar-refractivity contribution in [1.29, 1.82) is 0 Å². The molecular weight excluding hydrogens is 200 g/mol. The van der Waals surface area contributed by atoms with Crippen LogP contribution < -0.4 is 5.73 Å². The lowest BCUT2D eigenvalue weighted by Crippen LogP contribution is -2.14. The van der Waals surface area contributed by atoms with Gasteiger partial charge < -0.3 is 5.73 Å². The highest BCUT2D eigenvalue weighted by Crippen LogP contribution is 2.14. The Morgan fingerprint density at radius 2 is 2.00 bits per heavy atom. The predicted octanol–water partition coefficient (Wildman–Crippen LogP) is 2.63. The fourth-order valence-electron chi connectivity index (χ4n) is 1.44. The zero-order chi connectivity index (χ0) is 12.6. The smallest absolute Gasteiger partial charge is 0.153 e. The van der Waals surface area contributed by atoms with E-state index < -0.39 is 0 Å². The second-order valence-corrected chi connectivity index (χ2v) is 3.59. The minimum absolute atomic E-state index is 0.503. The standard InChI is InChI=1S/C13H22N2O/c1-5-8-10(4)13(15-7-3)11(9-16)12(14)6-2/h9H,4-8,14H2,1-3H3. The van der Waals surface area contributed by atoms with Crippen molar-refractivity contribution in [2.24, 2.45) is 10.7 Å². The largest absolute Gasteiger partial charge is 0.401 e. The van der Waals surface area contributed by atoms with E-state index in [4.69, 9.17) is 5.73 Å². The Labute approximate surface area is 98.1 Å². The molecule has 0 rings (SSSR count). The molecule has 0 radical (unpaired) electrons. The summed E-state index contributed by atoms with van der Waals surface area (Å²) >= 11 is 0. The van der Waals surface area contributed by atoms with Crippen LogP contribution in [0.4, 0.5) is 0 Å². The lowest BCUT2D eigenvalue weighted by molar-refractivity contribution is -0.104. The molecule has 0 bridgehead atoms. The maximum Gasteiger partial charge on any atom is 0.153 e. The van der Waals surface area contributed by atoms with E-state index in [9.17, 15) is 4.79 Å². The predicted molar refractivity (Wildman–Crippen MR) is 69.6 cm³/mol. The molecule has 2 N–H and O–H groups in total. The van der Waals surface area contributed by atoms with Gasteiger partial charge in [-0.15, -0.1) is 0 Å². The van der Waals surface area contributed by atoms with E-state index >= 15 is 0 Å². The van der Waals surface area contributed by atoms with Crippen molar-refractivity contribution < 1.29 is 4.79 Å². The highest BCUT2D eigenvalue weighted by atomic mass is 16.1. The molecular formula is C13H22N2O. The molecule has 3 heteroatoms. The molecule has 0 heterocycles. The number of hydrogen-bond donors (Lipinski definition) is 1. The van der Waals surface area contributed by atoms with E-state index in [-0.39, 0.29) is 0 Å². The number of aliphatic imine (C=N–C) groups is 1. The van der Waals surface area contributed by atoms with Crippen molar-refractivity contribution >= 4 is 12.0 Å². The fourth-order valence-corrected chi connectivity index (χ4v) is 1.44. The lowest BCUT2D eigenvalue weighted by atomic mass is 9.98. The maximum atomic E-state index is 11.1. The molecule has 90 valence electrons. The number of aldehydes is 1. The van der Waals surface area contributed by atoms with Crippen molar-refractivity contribution in [2.75, 3.05) is 6.54 Å². The van der Waals surface area contributed by atoms with Crippen LogP contribution in [0.1, 0.15) is 40.0 Å². The average Bonchev–Trinajstić information content (AvgIpc) is 2.28.